The molecule has 2 fully saturated rings. The van der Waals surface area contributed by atoms with Crippen LogP contribution in [-0.4, -0.2) is 53.7 Å². The van der Waals surface area contributed by atoms with E-state index in [0.29, 0.717) is 11.6 Å². The first-order valence-corrected chi connectivity index (χ1v) is 8.50. The van der Waals surface area contributed by atoms with Crippen LogP contribution in [0.1, 0.15) is 37.4 Å². The molecule has 116 valence electrons. The predicted octanol–water partition coefficient (Wildman–Crippen LogP) is 2.93. The number of aliphatic hydroxyl groups is 1. The fourth-order valence-corrected chi connectivity index (χ4v) is 3.84. The van der Waals surface area contributed by atoms with Crippen molar-refractivity contribution in [3.8, 4) is 0 Å². The predicted molar refractivity (Wildman–Crippen MR) is 86.7 cm³/mol. The molecule has 0 amide bonds. The SMILES string of the molecule is OC(CN1CCN(C2CCCC2)CC1)c1cccc(Cl)c1. The number of β-amino-alcohol motifs (C(OH)–C–C–N with tert-alkyl or cyclic N) is 1. The molecule has 1 atom stereocenters. The molecule has 1 aromatic carbocycles. The summed E-state index contributed by atoms with van der Waals surface area (Å²) in [5, 5.41) is 11.1. The molecule has 1 heterocycles. The van der Waals surface area contributed by atoms with Crippen molar-refractivity contribution in [3.05, 3.63) is 34.9 Å². The number of nitrogens with zero attached hydrogens (tertiary/aromatic N) is 2. The van der Waals surface area contributed by atoms with Gasteiger partial charge in [0.1, 0.15) is 0 Å². The highest BCUT2D eigenvalue weighted by Crippen LogP contribution is 2.25. The number of benzene rings is 1. The van der Waals surface area contributed by atoms with Crippen molar-refractivity contribution in [2.75, 3.05) is 32.7 Å². The number of hydrogen-bond donors (Lipinski definition) is 1. The highest BCUT2D eigenvalue weighted by atomic mass is 35.5. The van der Waals surface area contributed by atoms with Gasteiger partial charge in [-0.15, -0.1) is 0 Å². The average Bonchev–Trinajstić information content (AvgIpc) is 3.02. The van der Waals surface area contributed by atoms with E-state index >= 15 is 0 Å². The third kappa shape index (κ3) is 3.98. The molecule has 0 bridgehead atoms. The van der Waals surface area contributed by atoms with Gasteiger partial charge in [0.05, 0.1) is 6.10 Å². The molecule has 2 aliphatic rings. The maximum absolute atomic E-state index is 10.4. The summed E-state index contributed by atoms with van der Waals surface area (Å²) in [5.74, 6) is 0. The van der Waals surface area contributed by atoms with Crippen LogP contribution in [0.25, 0.3) is 0 Å². The van der Waals surface area contributed by atoms with E-state index in [9.17, 15) is 5.11 Å². The Bertz CT molecular complexity index is 454. The fourth-order valence-electron chi connectivity index (χ4n) is 3.64. The Morgan fingerprint density at radius 1 is 1.14 bits per heavy atom. The lowest BCUT2D eigenvalue weighted by molar-refractivity contribution is 0.0570. The Morgan fingerprint density at radius 3 is 2.52 bits per heavy atom. The summed E-state index contributed by atoms with van der Waals surface area (Å²) in [6.45, 7) is 5.13. The van der Waals surface area contributed by atoms with Gasteiger partial charge in [-0.2, -0.15) is 0 Å². The van der Waals surface area contributed by atoms with Crippen molar-refractivity contribution in [2.24, 2.45) is 0 Å². The Labute approximate surface area is 132 Å². The van der Waals surface area contributed by atoms with Gasteiger partial charge in [-0.25, -0.2) is 0 Å². The molecule has 0 radical (unpaired) electrons. The van der Waals surface area contributed by atoms with Crippen molar-refractivity contribution >= 4 is 11.6 Å². The van der Waals surface area contributed by atoms with Crippen LogP contribution in [0.5, 0.6) is 0 Å². The van der Waals surface area contributed by atoms with Gasteiger partial charge in [-0.05, 0) is 30.5 Å². The zero-order valence-corrected chi connectivity index (χ0v) is 13.3. The molecule has 1 saturated carbocycles. The lowest BCUT2D eigenvalue weighted by Gasteiger charge is -2.38. The minimum Gasteiger partial charge on any atom is -0.387 e. The van der Waals surface area contributed by atoms with Gasteiger partial charge in [-0.3, -0.25) is 9.80 Å². The van der Waals surface area contributed by atoms with E-state index in [0.717, 1.165) is 37.8 Å². The maximum Gasteiger partial charge on any atom is 0.0917 e. The smallest absolute Gasteiger partial charge is 0.0917 e. The number of halogens is 1. The highest BCUT2D eigenvalue weighted by molar-refractivity contribution is 6.30. The summed E-state index contributed by atoms with van der Waals surface area (Å²) in [7, 11) is 0. The number of aliphatic hydroxyl groups excluding tert-OH is 1. The van der Waals surface area contributed by atoms with E-state index in [2.05, 4.69) is 9.80 Å². The molecule has 1 aliphatic heterocycles. The molecule has 0 spiro atoms. The first-order valence-electron chi connectivity index (χ1n) is 8.12. The van der Waals surface area contributed by atoms with Crippen molar-refractivity contribution in [3.63, 3.8) is 0 Å². The number of hydrogen-bond acceptors (Lipinski definition) is 3. The largest absolute Gasteiger partial charge is 0.387 e. The summed E-state index contributed by atoms with van der Waals surface area (Å²) in [6.07, 6.45) is 5.12. The van der Waals surface area contributed by atoms with E-state index in [1.54, 1.807) is 0 Å². The Hall–Kier alpha value is -0.610. The molecule has 1 N–H and O–H groups in total. The highest BCUT2D eigenvalue weighted by Gasteiger charge is 2.26. The monoisotopic (exact) mass is 308 g/mol. The van der Waals surface area contributed by atoms with Crippen LogP contribution < -0.4 is 0 Å². The van der Waals surface area contributed by atoms with Crippen molar-refractivity contribution in [1.82, 2.24) is 9.80 Å². The molecule has 21 heavy (non-hydrogen) atoms. The van der Waals surface area contributed by atoms with Crippen LogP contribution in [0.4, 0.5) is 0 Å². The zero-order chi connectivity index (χ0) is 14.7. The van der Waals surface area contributed by atoms with Gasteiger partial charge < -0.3 is 5.11 Å². The minimum atomic E-state index is -0.443. The van der Waals surface area contributed by atoms with E-state index in [-0.39, 0.29) is 0 Å². The summed E-state index contributed by atoms with van der Waals surface area (Å²) >= 11 is 5.99. The van der Waals surface area contributed by atoms with E-state index < -0.39 is 6.10 Å². The van der Waals surface area contributed by atoms with Gasteiger partial charge in [0.25, 0.3) is 0 Å². The average molecular weight is 309 g/mol. The van der Waals surface area contributed by atoms with E-state index in [4.69, 9.17) is 11.6 Å². The van der Waals surface area contributed by atoms with Crippen LogP contribution in [0.15, 0.2) is 24.3 Å². The molecule has 3 nitrogen and oxygen atoms in total. The zero-order valence-electron chi connectivity index (χ0n) is 12.5. The molecule has 1 unspecified atom stereocenters. The normalized spacial score (nSPS) is 23.5. The Balaban J connectivity index is 1.48. The van der Waals surface area contributed by atoms with E-state index in [1.165, 1.54) is 25.7 Å². The number of piperazine rings is 1. The molecule has 4 heteroatoms. The standard InChI is InChI=1S/C17H25ClN2O/c18-15-5-3-4-14(12-15)17(21)13-19-8-10-20(11-9-19)16-6-1-2-7-16/h3-5,12,16-17,21H,1-2,6-11,13H2. The summed E-state index contributed by atoms with van der Waals surface area (Å²) in [6, 6.07) is 8.38. The van der Waals surface area contributed by atoms with Crippen molar-refractivity contribution in [1.29, 1.82) is 0 Å². The second-order valence-electron chi connectivity index (χ2n) is 6.35. The van der Waals surface area contributed by atoms with Gasteiger partial charge in [-0.1, -0.05) is 36.6 Å². The Morgan fingerprint density at radius 2 is 1.86 bits per heavy atom. The first-order chi connectivity index (χ1) is 10.2. The van der Waals surface area contributed by atoms with Gasteiger partial charge >= 0.3 is 0 Å². The summed E-state index contributed by atoms with van der Waals surface area (Å²) in [4.78, 5) is 5.02. The second-order valence-corrected chi connectivity index (χ2v) is 6.78. The van der Waals surface area contributed by atoms with Crippen LogP contribution in [0, 0.1) is 0 Å². The molecular formula is C17H25ClN2O. The van der Waals surface area contributed by atoms with Gasteiger partial charge in [0, 0.05) is 43.8 Å². The van der Waals surface area contributed by atoms with Crippen molar-refractivity contribution in [2.45, 2.75) is 37.8 Å². The van der Waals surface area contributed by atoms with E-state index in [1.807, 2.05) is 24.3 Å². The quantitative estimate of drug-likeness (QED) is 0.926. The lowest BCUT2D eigenvalue weighted by atomic mass is 10.1. The van der Waals surface area contributed by atoms with Crippen molar-refractivity contribution < 1.29 is 5.11 Å². The molecule has 3 rings (SSSR count). The molecule has 1 saturated heterocycles. The van der Waals surface area contributed by atoms with Crippen LogP contribution in [0.3, 0.4) is 0 Å². The second kappa shape index (κ2) is 7.10. The van der Waals surface area contributed by atoms with Gasteiger partial charge in [0.15, 0.2) is 0 Å². The number of rotatable bonds is 4. The lowest BCUT2D eigenvalue weighted by Crippen LogP contribution is -2.50. The topological polar surface area (TPSA) is 26.7 Å². The van der Waals surface area contributed by atoms with Crippen LogP contribution >= 0.6 is 11.6 Å². The first kappa shape index (κ1) is 15.3. The molecule has 1 aromatic rings. The Kier molecular flexibility index (Phi) is 5.17. The van der Waals surface area contributed by atoms with Crippen LogP contribution in [-0.2, 0) is 0 Å². The molecule has 0 aromatic heterocycles. The molecule has 1 aliphatic carbocycles. The van der Waals surface area contributed by atoms with Crippen LogP contribution in [0.2, 0.25) is 5.02 Å². The maximum atomic E-state index is 10.4. The summed E-state index contributed by atoms with van der Waals surface area (Å²) in [5.41, 5.74) is 0.917. The molecular weight excluding hydrogens is 284 g/mol. The minimum absolute atomic E-state index is 0.443. The fraction of sp³-hybridized carbons (Fsp3) is 0.647. The van der Waals surface area contributed by atoms with Gasteiger partial charge in [0.2, 0.25) is 0 Å². The summed E-state index contributed by atoms with van der Waals surface area (Å²) < 4.78 is 0. The third-order valence-electron chi connectivity index (χ3n) is 4.91. The third-order valence-corrected chi connectivity index (χ3v) is 5.15.